The van der Waals surface area contributed by atoms with Crippen LogP contribution in [0.1, 0.15) is 48.4 Å². The van der Waals surface area contributed by atoms with E-state index in [4.69, 9.17) is 4.74 Å². The number of esters is 1. The van der Waals surface area contributed by atoms with E-state index in [1.807, 2.05) is 30.3 Å². The summed E-state index contributed by atoms with van der Waals surface area (Å²) in [5, 5.41) is 11.4. The van der Waals surface area contributed by atoms with E-state index in [0.717, 1.165) is 15.8 Å². The molecule has 4 aromatic carbocycles. The molecule has 1 heterocycles. The fourth-order valence-electron chi connectivity index (χ4n) is 4.82. The van der Waals surface area contributed by atoms with Gasteiger partial charge in [0, 0.05) is 26.3 Å². The average molecular weight is 798 g/mol. The maximum Gasteiger partial charge on any atom is 0.341 e. The molecular weight excluding hydrogens is 764 g/mol. The molecule has 0 radical (unpaired) electrons. The summed E-state index contributed by atoms with van der Waals surface area (Å²) in [4.78, 5) is 66.6. The summed E-state index contributed by atoms with van der Waals surface area (Å²) in [5.41, 5.74) is 2.69. The molecule has 264 valence electrons. The molecule has 0 aliphatic heterocycles. The van der Waals surface area contributed by atoms with Gasteiger partial charge >= 0.3 is 5.97 Å². The molecule has 0 saturated carbocycles. The van der Waals surface area contributed by atoms with Crippen LogP contribution in [0.25, 0.3) is 6.08 Å². The molecule has 0 unspecified atom stereocenters. The Bertz CT molecular complexity index is 2120. The lowest BCUT2D eigenvalue weighted by Gasteiger charge is -2.12. The van der Waals surface area contributed by atoms with Crippen molar-refractivity contribution in [2.75, 3.05) is 28.3 Å². The minimum atomic E-state index is -0.644. The number of hydrogen-bond donors (Lipinski definition) is 4. The van der Waals surface area contributed by atoms with Gasteiger partial charge in [-0.25, -0.2) is 4.79 Å². The van der Waals surface area contributed by atoms with Gasteiger partial charge in [0.25, 0.3) is 17.7 Å². The Hall–Kier alpha value is -5.50. The second-order valence-corrected chi connectivity index (χ2v) is 14.0. The summed E-state index contributed by atoms with van der Waals surface area (Å²) < 4.78 is 6.10. The molecule has 4 N–H and O–H groups in total. The molecule has 13 heteroatoms. The number of halogens is 1. The smallest absolute Gasteiger partial charge is 0.341 e. The van der Waals surface area contributed by atoms with Crippen LogP contribution < -0.4 is 21.3 Å². The lowest BCUT2D eigenvalue weighted by Crippen LogP contribution is -2.30. The van der Waals surface area contributed by atoms with E-state index in [-0.39, 0.29) is 33.5 Å². The van der Waals surface area contributed by atoms with Gasteiger partial charge in [0.05, 0.1) is 22.8 Å². The summed E-state index contributed by atoms with van der Waals surface area (Å²) in [6.07, 6.45) is 1.58. The Kier molecular flexibility index (Phi) is 13.2. The highest BCUT2D eigenvalue weighted by molar-refractivity contribution is 9.10. The molecule has 0 fully saturated rings. The van der Waals surface area contributed by atoms with Crippen molar-refractivity contribution in [1.82, 2.24) is 5.32 Å². The number of para-hydroxylation sites is 1. The van der Waals surface area contributed by atoms with E-state index in [1.165, 1.54) is 11.8 Å². The van der Waals surface area contributed by atoms with Crippen molar-refractivity contribution in [3.05, 3.63) is 146 Å². The lowest BCUT2D eigenvalue weighted by molar-refractivity contribution is -0.114. The van der Waals surface area contributed by atoms with E-state index < -0.39 is 29.6 Å². The second kappa shape index (κ2) is 18.1. The van der Waals surface area contributed by atoms with E-state index in [2.05, 4.69) is 37.2 Å². The van der Waals surface area contributed by atoms with Gasteiger partial charge in [0.1, 0.15) is 10.7 Å². The van der Waals surface area contributed by atoms with Crippen molar-refractivity contribution in [3.8, 4) is 0 Å². The van der Waals surface area contributed by atoms with Crippen LogP contribution in [0.2, 0.25) is 0 Å². The van der Waals surface area contributed by atoms with Crippen molar-refractivity contribution in [2.45, 2.75) is 18.7 Å². The van der Waals surface area contributed by atoms with Crippen LogP contribution in [0.5, 0.6) is 0 Å². The van der Waals surface area contributed by atoms with E-state index in [9.17, 15) is 24.0 Å². The SMILES string of the molecule is CCOC(=O)c1c(NC(=O)CSc2cccc(NC(=O)/C(=C/c3ccc(Br)cc3)NC(=O)c3ccccc3)c2)sc(C(=O)Nc2ccccc2)c1C. The highest BCUT2D eigenvalue weighted by Gasteiger charge is 2.27. The third kappa shape index (κ3) is 10.3. The van der Waals surface area contributed by atoms with Crippen LogP contribution in [0.15, 0.2) is 124 Å². The minimum Gasteiger partial charge on any atom is -0.462 e. The number of anilines is 3. The third-order valence-electron chi connectivity index (χ3n) is 7.29. The van der Waals surface area contributed by atoms with Gasteiger partial charge < -0.3 is 26.0 Å². The summed E-state index contributed by atoms with van der Waals surface area (Å²) >= 11 is 5.61. The van der Waals surface area contributed by atoms with E-state index in [1.54, 1.807) is 98.8 Å². The van der Waals surface area contributed by atoms with Crippen LogP contribution >= 0.6 is 39.0 Å². The Morgan fingerprint density at radius 3 is 2.15 bits per heavy atom. The third-order valence-corrected chi connectivity index (χ3v) is 10.0. The lowest BCUT2D eigenvalue weighted by atomic mass is 10.1. The van der Waals surface area contributed by atoms with Crippen molar-refractivity contribution in [3.63, 3.8) is 0 Å². The molecule has 10 nitrogen and oxygen atoms in total. The molecular formula is C39H33BrN4O6S2. The number of hydrogen-bond acceptors (Lipinski definition) is 8. The quantitative estimate of drug-likeness (QED) is 0.0533. The zero-order valence-corrected chi connectivity index (χ0v) is 31.2. The molecule has 1 aromatic heterocycles. The second-order valence-electron chi connectivity index (χ2n) is 11.0. The fourth-order valence-corrected chi connectivity index (χ4v) is 6.94. The number of ether oxygens (including phenoxy) is 1. The Morgan fingerprint density at radius 1 is 0.788 bits per heavy atom. The average Bonchev–Trinajstić information content (AvgIpc) is 3.47. The van der Waals surface area contributed by atoms with Crippen LogP contribution in [0, 0.1) is 6.92 Å². The van der Waals surface area contributed by atoms with Gasteiger partial charge in [0.2, 0.25) is 5.91 Å². The first kappa shape index (κ1) is 37.7. The minimum absolute atomic E-state index is 0.0362. The van der Waals surface area contributed by atoms with Gasteiger partial charge in [-0.2, -0.15) is 0 Å². The molecule has 52 heavy (non-hydrogen) atoms. The number of rotatable bonds is 13. The van der Waals surface area contributed by atoms with Crippen LogP contribution in [-0.2, 0) is 14.3 Å². The van der Waals surface area contributed by atoms with Crippen molar-refractivity contribution in [2.24, 2.45) is 0 Å². The topological polar surface area (TPSA) is 143 Å². The number of carbonyl (C=O) groups excluding carboxylic acids is 5. The fraction of sp³-hybridized carbons (Fsp3) is 0.103. The number of nitrogens with one attached hydrogen (secondary N) is 4. The van der Waals surface area contributed by atoms with Crippen molar-refractivity contribution in [1.29, 1.82) is 0 Å². The van der Waals surface area contributed by atoms with Gasteiger partial charge in [-0.05, 0) is 85.6 Å². The maximum absolute atomic E-state index is 13.5. The highest BCUT2D eigenvalue weighted by atomic mass is 79.9. The molecule has 5 aromatic rings. The first-order chi connectivity index (χ1) is 25.1. The van der Waals surface area contributed by atoms with Gasteiger partial charge in [-0.3, -0.25) is 19.2 Å². The normalized spacial score (nSPS) is 10.9. The largest absolute Gasteiger partial charge is 0.462 e. The Labute approximate surface area is 317 Å². The number of benzene rings is 4. The molecule has 0 bridgehead atoms. The number of amides is 4. The van der Waals surface area contributed by atoms with Crippen molar-refractivity contribution >= 4 is 91.1 Å². The number of carbonyl (C=O) groups is 5. The molecule has 0 saturated heterocycles. The Balaban J connectivity index is 1.27. The van der Waals surface area contributed by atoms with Gasteiger partial charge in [-0.1, -0.05) is 70.5 Å². The standard InChI is InChI=1S/C39H33BrN4O6S2/c1-3-50-39(49)33-24(2)34(37(48)41-28-13-8-5-9-14-28)52-38(33)44-32(45)23-51-30-16-10-15-29(22-30)42-36(47)31(21-25-17-19-27(40)20-18-25)43-35(46)26-11-6-4-7-12-26/h4-22H,3,23H2,1-2H3,(H,41,48)(H,42,47)(H,43,46)(H,44,45)/b31-21-. The van der Waals surface area contributed by atoms with Crippen LogP contribution in [0.3, 0.4) is 0 Å². The molecule has 0 atom stereocenters. The van der Waals surface area contributed by atoms with Crippen LogP contribution in [0.4, 0.5) is 16.4 Å². The maximum atomic E-state index is 13.5. The van der Waals surface area contributed by atoms with E-state index >= 15 is 0 Å². The highest BCUT2D eigenvalue weighted by Crippen LogP contribution is 2.35. The molecule has 5 rings (SSSR count). The summed E-state index contributed by atoms with van der Waals surface area (Å²) in [6, 6.07) is 31.7. The molecule has 0 aliphatic carbocycles. The first-order valence-corrected chi connectivity index (χ1v) is 18.6. The van der Waals surface area contributed by atoms with E-state index in [0.29, 0.717) is 33.0 Å². The molecule has 4 amide bonds. The molecule has 0 aliphatic rings. The molecule has 0 spiro atoms. The number of thiophene rings is 1. The monoisotopic (exact) mass is 796 g/mol. The first-order valence-electron chi connectivity index (χ1n) is 16.0. The predicted molar refractivity (Wildman–Crippen MR) is 210 cm³/mol. The van der Waals surface area contributed by atoms with Crippen LogP contribution in [-0.4, -0.2) is 42.0 Å². The van der Waals surface area contributed by atoms with Gasteiger partial charge in [-0.15, -0.1) is 23.1 Å². The summed E-state index contributed by atoms with van der Waals surface area (Å²) in [5.74, 6) is -2.49. The zero-order chi connectivity index (χ0) is 37.0. The predicted octanol–water partition coefficient (Wildman–Crippen LogP) is 8.39. The zero-order valence-electron chi connectivity index (χ0n) is 28.0. The summed E-state index contributed by atoms with van der Waals surface area (Å²) in [7, 11) is 0. The number of thioether (sulfide) groups is 1. The Morgan fingerprint density at radius 2 is 1.46 bits per heavy atom. The summed E-state index contributed by atoms with van der Waals surface area (Å²) in [6.45, 7) is 3.44. The van der Waals surface area contributed by atoms with Gasteiger partial charge in [0.15, 0.2) is 0 Å². The van der Waals surface area contributed by atoms with Crippen molar-refractivity contribution < 1.29 is 28.7 Å².